The van der Waals surface area contributed by atoms with Crippen molar-refractivity contribution in [3.05, 3.63) is 59.1 Å². The maximum absolute atomic E-state index is 12.0. The lowest BCUT2D eigenvalue weighted by Gasteiger charge is -2.29. The van der Waals surface area contributed by atoms with Crippen molar-refractivity contribution in [2.75, 3.05) is 11.4 Å². The smallest absolute Gasteiger partial charge is 0.326 e. The first-order valence-corrected chi connectivity index (χ1v) is 6.46. The molecule has 0 saturated carbocycles. The van der Waals surface area contributed by atoms with Gasteiger partial charge in [-0.25, -0.2) is 9.59 Å². The van der Waals surface area contributed by atoms with E-state index in [0.29, 0.717) is 29.9 Å². The maximum Gasteiger partial charge on any atom is 0.326 e. The van der Waals surface area contributed by atoms with Crippen molar-refractivity contribution in [2.45, 2.75) is 19.4 Å². The fourth-order valence-corrected chi connectivity index (χ4v) is 2.52. The van der Waals surface area contributed by atoms with E-state index in [2.05, 4.69) is 19.9 Å². The topological polar surface area (TPSA) is 135 Å². The highest BCUT2D eigenvalue weighted by atomic mass is 16.2. The summed E-state index contributed by atoms with van der Waals surface area (Å²) >= 11 is 0. The van der Waals surface area contributed by atoms with E-state index in [1.807, 2.05) is 0 Å². The predicted octanol–water partition coefficient (Wildman–Crippen LogP) is -1.61. The Balaban J connectivity index is 2.03. The molecule has 0 fully saturated rings. The van der Waals surface area contributed by atoms with Gasteiger partial charge in [-0.2, -0.15) is 0 Å². The molecule has 0 atom stereocenters. The van der Waals surface area contributed by atoms with Gasteiger partial charge in [0.05, 0.1) is 12.1 Å². The van der Waals surface area contributed by atoms with Crippen LogP contribution in [-0.4, -0.2) is 26.5 Å². The van der Waals surface area contributed by atoms with Crippen LogP contribution in [0.1, 0.15) is 17.7 Å². The summed E-state index contributed by atoms with van der Waals surface area (Å²) in [6.07, 6.45) is 2.69. The van der Waals surface area contributed by atoms with Gasteiger partial charge in [0, 0.05) is 18.4 Å². The van der Waals surface area contributed by atoms with Crippen LogP contribution in [0.25, 0.3) is 0 Å². The minimum Gasteiger partial charge on any atom is -0.361 e. The molecule has 0 unspecified atom stereocenters. The maximum atomic E-state index is 12.0. The molecule has 0 aliphatic carbocycles. The van der Waals surface area contributed by atoms with E-state index < -0.39 is 22.5 Å². The van der Waals surface area contributed by atoms with Gasteiger partial charge in [0.2, 0.25) is 0 Å². The summed E-state index contributed by atoms with van der Waals surface area (Å²) in [6.45, 7) is 0.759. The number of anilines is 1. The first-order chi connectivity index (χ1) is 10.0. The number of nitrogens with zero attached hydrogens (tertiary/aromatic N) is 1. The standard InChI is InChI=1S/C12H13N5O4/c18-9-6(4-13-11(20)15-9)5-17-3-1-2-7-8(17)10(19)16-12(21)14-7/h4H,1-3,5H2,(H2,13,15,18,20)(H2,14,16,19,21). The molecule has 3 rings (SSSR count). The van der Waals surface area contributed by atoms with Gasteiger partial charge in [-0.05, 0) is 12.8 Å². The van der Waals surface area contributed by atoms with Crippen LogP contribution < -0.4 is 27.4 Å². The van der Waals surface area contributed by atoms with E-state index in [-0.39, 0.29) is 6.54 Å². The summed E-state index contributed by atoms with van der Waals surface area (Å²) in [5.74, 6) is 0. The Labute approximate surface area is 116 Å². The summed E-state index contributed by atoms with van der Waals surface area (Å²) in [7, 11) is 0. The van der Waals surface area contributed by atoms with Crippen molar-refractivity contribution < 1.29 is 0 Å². The number of hydrogen-bond donors (Lipinski definition) is 4. The lowest BCUT2D eigenvalue weighted by molar-refractivity contribution is 0.660. The quantitative estimate of drug-likeness (QED) is 0.528. The number of nitrogens with one attached hydrogen (secondary N) is 4. The Morgan fingerprint density at radius 1 is 1.00 bits per heavy atom. The Morgan fingerprint density at radius 2 is 1.76 bits per heavy atom. The van der Waals surface area contributed by atoms with Crippen molar-refractivity contribution in [3.63, 3.8) is 0 Å². The van der Waals surface area contributed by atoms with E-state index in [4.69, 9.17) is 0 Å². The van der Waals surface area contributed by atoms with E-state index in [9.17, 15) is 19.2 Å². The van der Waals surface area contributed by atoms with Gasteiger partial charge in [0.25, 0.3) is 11.1 Å². The molecule has 110 valence electrons. The van der Waals surface area contributed by atoms with Crippen LogP contribution in [0.15, 0.2) is 25.4 Å². The molecule has 1 aliphatic heterocycles. The summed E-state index contributed by atoms with van der Waals surface area (Å²) in [6, 6.07) is 0. The highest BCUT2D eigenvalue weighted by Gasteiger charge is 2.22. The highest BCUT2D eigenvalue weighted by molar-refractivity contribution is 5.50. The van der Waals surface area contributed by atoms with E-state index in [1.54, 1.807) is 4.90 Å². The zero-order valence-corrected chi connectivity index (χ0v) is 11.0. The minimum absolute atomic E-state index is 0.175. The van der Waals surface area contributed by atoms with Gasteiger partial charge < -0.3 is 14.9 Å². The second kappa shape index (κ2) is 4.93. The lowest BCUT2D eigenvalue weighted by Crippen LogP contribution is -2.39. The van der Waals surface area contributed by atoms with Crippen LogP contribution in [-0.2, 0) is 13.0 Å². The van der Waals surface area contributed by atoms with Gasteiger partial charge in [0.15, 0.2) is 0 Å². The van der Waals surface area contributed by atoms with Gasteiger partial charge in [0.1, 0.15) is 5.69 Å². The Morgan fingerprint density at radius 3 is 2.52 bits per heavy atom. The van der Waals surface area contributed by atoms with Crippen molar-refractivity contribution in [2.24, 2.45) is 0 Å². The molecule has 1 aliphatic rings. The molecule has 0 spiro atoms. The highest BCUT2D eigenvalue weighted by Crippen LogP contribution is 2.21. The van der Waals surface area contributed by atoms with Crippen LogP contribution in [0.5, 0.6) is 0 Å². The first kappa shape index (κ1) is 13.2. The summed E-state index contributed by atoms with van der Waals surface area (Å²) in [5.41, 5.74) is -0.816. The van der Waals surface area contributed by atoms with Crippen LogP contribution in [0.4, 0.5) is 5.69 Å². The molecule has 9 nitrogen and oxygen atoms in total. The monoisotopic (exact) mass is 291 g/mol. The molecule has 3 heterocycles. The van der Waals surface area contributed by atoms with Crippen LogP contribution >= 0.6 is 0 Å². The van der Waals surface area contributed by atoms with Crippen molar-refractivity contribution in [1.29, 1.82) is 0 Å². The molecule has 0 radical (unpaired) electrons. The molecule has 2 aromatic heterocycles. The zero-order chi connectivity index (χ0) is 15.0. The van der Waals surface area contributed by atoms with Crippen LogP contribution in [0.2, 0.25) is 0 Å². The molecule has 4 N–H and O–H groups in total. The van der Waals surface area contributed by atoms with Crippen LogP contribution in [0.3, 0.4) is 0 Å². The zero-order valence-electron chi connectivity index (χ0n) is 11.0. The summed E-state index contributed by atoms with van der Waals surface area (Å²) < 4.78 is 0. The van der Waals surface area contributed by atoms with Gasteiger partial charge in [-0.1, -0.05) is 0 Å². The fourth-order valence-electron chi connectivity index (χ4n) is 2.52. The van der Waals surface area contributed by atoms with E-state index in [0.717, 1.165) is 6.42 Å². The molecule has 0 saturated heterocycles. The SMILES string of the molecule is O=c1[nH]cc(CN2CCCc3[nH]c(=O)[nH]c(=O)c32)c(=O)[nH]1. The molecule has 21 heavy (non-hydrogen) atoms. The van der Waals surface area contributed by atoms with Crippen LogP contribution in [0, 0.1) is 0 Å². The Hall–Kier alpha value is -2.84. The summed E-state index contributed by atoms with van der Waals surface area (Å²) in [4.78, 5) is 57.0. The lowest BCUT2D eigenvalue weighted by atomic mass is 10.1. The average molecular weight is 291 g/mol. The Kier molecular flexibility index (Phi) is 3.09. The van der Waals surface area contributed by atoms with Crippen molar-refractivity contribution >= 4 is 5.69 Å². The third-order valence-electron chi connectivity index (χ3n) is 3.42. The number of hydrogen-bond acceptors (Lipinski definition) is 5. The second-order valence-electron chi connectivity index (χ2n) is 4.86. The van der Waals surface area contributed by atoms with Gasteiger partial charge in [-0.3, -0.25) is 19.6 Å². The number of aromatic nitrogens is 4. The first-order valence-electron chi connectivity index (χ1n) is 6.46. The number of aryl methyl sites for hydroxylation is 1. The second-order valence-corrected chi connectivity index (χ2v) is 4.86. The molecular formula is C12H13N5O4. The van der Waals surface area contributed by atoms with Gasteiger partial charge in [-0.15, -0.1) is 0 Å². The molecule has 9 heteroatoms. The normalized spacial score (nSPS) is 14.0. The van der Waals surface area contributed by atoms with E-state index >= 15 is 0 Å². The predicted molar refractivity (Wildman–Crippen MR) is 74.7 cm³/mol. The third-order valence-corrected chi connectivity index (χ3v) is 3.42. The van der Waals surface area contributed by atoms with Gasteiger partial charge >= 0.3 is 11.4 Å². The molecule has 0 bridgehead atoms. The molecule has 0 aromatic carbocycles. The third kappa shape index (κ3) is 2.45. The van der Waals surface area contributed by atoms with Crippen molar-refractivity contribution in [3.8, 4) is 0 Å². The molecular weight excluding hydrogens is 278 g/mol. The van der Waals surface area contributed by atoms with Crippen molar-refractivity contribution in [1.82, 2.24) is 19.9 Å². The largest absolute Gasteiger partial charge is 0.361 e. The molecule has 0 amide bonds. The minimum atomic E-state index is -0.579. The van der Waals surface area contributed by atoms with E-state index in [1.165, 1.54) is 6.20 Å². The Bertz CT molecular complexity index is 903. The number of aromatic amines is 4. The number of H-pyrrole nitrogens is 4. The summed E-state index contributed by atoms with van der Waals surface area (Å²) in [5, 5.41) is 0. The molecule has 2 aromatic rings. The average Bonchev–Trinajstić information content (AvgIpc) is 2.41. The number of rotatable bonds is 2. The fraction of sp³-hybridized carbons (Fsp3) is 0.333. The number of fused-ring (bicyclic) bond motifs is 1.